The molecular weight excluding hydrogens is 2010 g/mol. The number of hydrogen-bond donors (Lipinski definition) is 3. The van der Waals surface area contributed by atoms with Crippen LogP contribution in [0.15, 0.2) is 183 Å². The van der Waals surface area contributed by atoms with E-state index in [1.54, 1.807) is 58.9 Å². The maximum atomic E-state index is 13.0. The molecule has 0 saturated carbocycles. The number of ether oxygens (including phenoxy) is 6. The Morgan fingerprint density at radius 1 is 0.489 bits per heavy atom. The van der Waals surface area contributed by atoms with E-state index in [9.17, 15) is 47.4 Å². The molecule has 0 amide bonds. The van der Waals surface area contributed by atoms with Crippen molar-refractivity contribution in [3.63, 3.8) is 0 Å². The molecule has 1 aliphatic rings. The van der Waals surface area contributed by atoms with E-state index in [2.05, 4.69) is 166 Å². The number of aryl methyl sites for hydroxylation is 1. The molecule has 141 heavy (non-hydrogen) atoms. The number of esters is 5. The van der Waals surface area contributed by atoms with Crippen molar-refractivity contribution in [3.05, 3.63) is 190 Å². The first-order chi connectivity index (χ1) is 65.7. The fraction of sp³-hybridized carbons (Fsp3) is 0.664. The zero-order chi connectivity index (χ0) is 107. The second kappa shape index (κ2) is 92.0. The maximum absolute atomic E-state index is 13.0. The van der Waals surface area contributed by atoms with Crippen molar-refractivity contribution in [2.75, 3.05) is 26.4 Å². The Morgan fingerprint density at radius 2 is 0.816 bits per heavy atom. The molecule has 814 valence electrons. The summed E-state index contributed by atoms with van der Waals surface area (Å²) in [5, 5.41) is 18.8. The van der Waals surface area contributed by atoms with Gasteiger partial charge in [-0.1, -0.05) is 259 Å². The van der Waals surface area contributed by atoms with Gasteiger partial charge in [0.1, 0.15) is 17.2 Å². The van der Waals surface area contributed by atoms with Gasteiger partial charge < -0.3 is 47.2 Å². The Labute approximate surface area is 909 Å². The van der Waals surface area contributed by atoms with Crippen LogP contribution in [0.1, 0.15) is 365 Å². The van der Waals surface area contributed by atoms with Gasteiger partial charge in [0.2, 0.25) is 0 Å². The van der Waals surface area contributed by atoms with Crippen molar-refractivity contribution in [2.24, 2.45) is 81.7 Å². The zero-order valence-electron chi connectivity index (χ0n) is 93.9. The van der Waals surface area contributed by atoms with Crippen molar-refractivity contribution in [1.29, 1.82) is 0 Å². The normalized spacial score (nSPS) is 15.2. The molecule has 3 aromatic carbocycles. The third kappa shape index (κ3) is 80.4. The van der Waals surface area contributed by atoms with Crippen molar-refractivity contribution in [3.8, 4) is 0 Å². The Morgan fingerprint density at radius 3 is 1.12 bits per heavy atom. The number of carbonyl (C=O) groups is 6. The van der Waals surface area contributed by atoms with Gasteiger partial charge in [-0.2, -0.15) is 8.42 Å². The van der Waals surface area contributed by atoms with Gasteiger partial charge >= 0.3 is 87.2 Å². The molecule has 1 aliphatic heterocycles. The molecule has 0 spiro atoms. The molecule has 11 unspecified atom stereocenters. The number of epoxide rings is 1. The first-order valence-electron chi connectivity index (χ1n) is 51.6. The van der Waals surface area contributed by atoms with E-state index in [1.807, 2.05) is 159 Å². The van der Waals surface area contributed by atoms with E-state index >= 15 is 0 Å². The van der Waals surface area contributed by atoms with Crippen molar-refractivity contribution >= 4 is 117 Å². The van der Waals surface area contributed by atoms with Gasteiger partial charge in [0, 0.05) is 16.0 Å². The molecule has 0 aliphatic carbocycles. The number of nitrogens with zero attached hydrogens (tertiary/aromatic N) is 1. The average Bonchev–Trinajstić information content (AvgIpc) is 1.80. The minimum Gasteiger partial charge on any atom is -1.00 e. The molecule has 1 fully saturated rings. The Balaban J connectivity index is -0.000000211. The molecule has 4 N–H and O–H groups in total. The van der Waals surface area contributed by atoms with E-state index in [4.69, 9.17) is 43.3 Å². The van der Waals surface area contributed by atoms with Gasteiger partial charge in [-0.3, -0.25) is 33.1 Å². The van der Waals surface area contributed by atoms with Crippen molar-refractivity contribution in [1.82, 2.24) is 0 Å². The number of hydrogen-bond acceptors (Lipinski definition) is 18. The molecule has 18 atom stereocenters. The van der Waals surface area contributed by atoms with E-state index in [0.717, 1.165) is 183 Å². The van der Waals surface area contributed by atoms with Crippen LogP contribution in [0.4, 0.5) is 0 Å². The molecule has 1 heterocycles. The Bertz CT molecular complexity index is 3820. The van der Waals surface area contributed by atoms with Crippen LogP contribution in [0, 0.1) is 77.9 Å². The number of alkyl halides is 1. The third-order valence-electron chi connectivity index (χ3n) is 23.6. The number of halogens is 3. The largest absolute Gasteiger partial charge is 2.00 e. The topological polar surface area (TPSA) is 283 Å². The number of aliphatic carboxylic acids is 1. The van der Waals surface area contributed by atoms with Crippen LogP contribution < -0.4 is 5.73 Å². The van der Waals surface area contributed by atoms with Gasteiger partial charge in [0.05, 0.1) is 80.0 Å². The number of carboxylic acids is 1. The maximum Gasteiger partial charge on any atom is 2.00 e. The van der Waals surface area contributed by atoms with Gasteiger partial charge in [0.25, 0.3) is 10.1 Å². The fourth-order valence-corrected chi connectivity index (χ4v) is 16.8. The van der Waals surface area contributed by atoms with Crippen LogP contribution in [0.25, 0.3) is 0 Å². The van der Waals surface area contributed by atoms with Crippen molar-refractivity contribution < 1.29 is 97.1 Å². The van der Waals surface area contributed by atoms with Crippen LogP contribution >= 0.6 is 42.4 Å². The van der Waals surface area contributed by atoms with E-state index < -0.39 is 57.2 Å². The predicted molar refractivity (Wildman–Crippen MR) is 602 cm³/mol. The smallest absolute Gasteiger partial charge is 1.00 e. The monoisotopic (exact) mass is 2200 g/mol. The first kappa shape index (κ1) is 149. The van der Waals surface area contributed by atoms with E-state index in [0.29, 0.717) is 72.7 Å². The third-order valence-corrected chi connectivity index (χ3v) is 25.5. The summed E-state index contributed by atoms with van der Waals surface area (Å²) in [5.74, 6) is -0.107. The average molecular weight is 2210 g/mol. The van der Waals surface area contributed by atoms with Gasteiger partial charge in [-0.25, -0.2) is 4.79 Å². The van der Waals surface area contributed by atoms with Gasteiger partial charge in [-0.15, -0.1) is 58.5 Å². The van der Waals surface area contributed by atoms with Crippen LogP contribution in [-0.4, -0.2) is 156 Å². The first-order valence-corrected chi connectivity index (χ1v) is 56.3. The van der Waals surface area contributed by atoms with Gasteiger partial charge in [0.15, 0.2) is 6.04 Å². The minimum absolute atomic E-state index is 0. The summed E-state index contributed by atoms with van der Waals surface area (Å²) in [7, 11) is -3.67. The predicted octanol–water partition coefficient (Wildman–Crippen LogP) is 30.6. The zero-order valence-corrected chi connectivity index (χ0v) is 99.1. The van der Waals surface area contributed by atoms with E-state index in [1.165, 1.54) is 12.8 Å². The molecular formula is C116H198Br2ClCuMgN2O17S. The van der Waals surface area contributed by atoms with Crippen LogP contribution in [0.5, 0.6) is 0 Å². The molecule has 25 heteroatoms. The summed E-state index contributed by atoms with van der Waals surface area (Å²) in [6.07, 6.45) is 39.8. The minimum atomic E-state index is -3.67. The number of carboxylic acid groups (broad SMARTS) is 1. The Hall–Kier alpha value is -5.34. The number of rotatable bonds is 61. The number of aliphatic hydroxyl groups excluding tert-OH is 1. The van der Waals surface area contributed by atoms with Gasteiger partial charge in [-0.05, 0) is 288 Å². The van der Waals surface area contributed by atoms with Crippen LogP contribution in [0.2, 0.25) is 0 Å². The molecule has 0 radical (unpaired) electrons. The number of nitrogens with two attached hydrogens (primary N) is 1. The number of aliphatic hydroxyl groups is 1. The molecule has 0 bridgehead atoms. The molecule has 0 aromatic heterocycles. The van der Waals surface area contributed by atoms with E-state index in [-0.39, 0.29) is 116 Å². The molecule has 1 saturated heterocycles. The van der Waals surface area contributed by atoms with Crippen molar-refractivity contribution in [2.45, 2.75) is 404 Å². The summed E-state index contributed by atoms with van der Waals surface area (Å²) < 4.78 is 61.1. The second-order valence-electron chi connectivity index (χ2n) is 38.9. The summed E-state index contributed by atoms with van der Waals surface area (Å²) in [6.45, 7) is 75.9. The number of carbonyl (C=O) groups excluding carboxylic acids is 5. The fourth-order valence-electron chi connectivity index (χ4n) is 15.4. The van der Waals surface area contributed by atoms with Crippen LogP contribution in [-0.2, 0) is 85.7 Å². The number of allylic oxidation sites excluding steroid dienone is 7. The standard InChI is InChI=1S/C27H35NO2.C20H36O4.C18H32O4.C17H26O3S.C14H27NO2.C10H20O.C6H11Br.C4H8O.BrH.ClH.Cu.Mg.2H/c1-5-8-15-21(4)20-22(6-2)26(27(29)30-7-3)28-25(23-16-11-9-12-17-23)24-18-13-10-14-19-24;1-8-11-12-15(4)13-16(9-2)17(19(22)23-10-3)14-18(21)24-20(5,6)7;1-7-9-10-13(3)11-14(8-2)15(17(20)21)12-16(19)22-18(4,5)6;1-5-7-8-15(4)13-16(6-2)20-21(18,19)17-11-9-14(3)10-12-17;1-5-8-9-11(4)10-12(6-2)13(15)14(16)17-7-3;1-4-6-7-9(3)8-10(11)5-2;1-3-4-5-6(2)7;1-2-4-3-5-4;;;;;;/h5,9-14,16-19,21-22,26H,1,6-8,15,20H2,2-4H3;8,15-17H,1,9-14H2,2-7H3;7,13-15H,1,8-12H2,2-6H3,(H,20,21);5,9-12,15-16H,1,6-8,13H2,2-4H3;5,11-13H,1,6-10,15H2,2-4H3;4,9-11H,1,5-8H2,2-3H3;3,6H,1,4-5H2,2H3;4H,2-3H2,1H3;2*1H;;;;/q;;;;;;;;;;+1;+2;2*-1/p-1/t21?,22-,26?;15?,16-,17?;13?,14-,15?;15?,16-;11?,12-,13?;9?,10-;;4-;;;;;;/m111010.0....../s1. The summed E-state index contributed by atoms with van der Waals surface area (Å²) in [6, 6.07) is 25.9. The molecule has 19 nitrogen and oxygen atoms in total. The summed E-state index contributed by atoms with van der Waals surface area (Å²) in [5.41, 5.74) is 8.69. The quantitative estimate of drug-likeness (QED) is 0.00692. The Kier molecular flexibility index (Phi) is 97.0. The number of benzene rings is 3. The van der Waals surface area contributed by atoms with Crippen LogP contribution in [0.3, 0.4) is 0 Å². The SMILES string of the molecule is C=CCCC(C)Br.C=CCCC(C)C[C@@H](CC)C(CC(=O)OC(C)(C)C)C(=O)O.C=CCCC(C)C[C@@H](CC)C(CC(=O)OC(C)(C)C)C(=O)OCC.C=CCCC(C)C[C@@H](CC)C(N)C(=O)OCC.C=CCCC(C)C[C@@H](CC)C(N=C(c1ccccc1)c1ccccc1)C(=O)OCC.C=CCCC(C)C[C@@H](O)CC.C=CCCC(C)C[C@H](CC)OS(=O)(=O)c1ccc(C)cc1.CC[C@H]1CO1.Cl.[Cu][Br].[H-].[H-].[Mg+2]. The summed E-state index contributed by atoms with van der Waals surface area (Å²) >= 11 is 9.93. The molecule has 3 aromatic rings. The summed E-state index contributed by atoms with van der Waals surface area (Å²) in [4.78, 5) is 78.6. The number of aliphatic imine (C=N–C) groups is 1. The second-order valence-corrected chi connectivity index (χ2v) is 42.1. The molecule has 4 rings (SSSR count).